The maximum Gasteiger partial charge on any atom is 0.0590 e. The van der Waals surface area contributed by atoms with E-state index in [0.29, 0.717) is 12.0 Å². The summed E-state index contributed by atoms with van der Waals surface area (Å²) in [6, 6.07) is 11.1. The number of rotatable bonds is 8. The summed E-state index contributed by atoms with van der Waals surface area (Å²) in [4.78, 5) is 0. The number of nitrogens with one attached hydrogen (secondary N) is 1. The molecule has 0 heterocycles. The Morgan fingerprint density at radius 2 is 1.88 bits per heavy atom. The molecule has 0 saturated carbocycles. The first-order chi connectivity index (χ1) is 8.24. The predicted octanol–water partition coefficient (Wildman–Crippen LogP) is 3.40. The molecular weight excluding hydrogens is 210 g/mol. The van der Waals surface area contributed by atoms with E-state index >= 15 is 0 Å². The minimum Gasteiger partial charge on any atom is -0.380 e. The van der Waals surface area contributed by atoms with Crippen molar-refractivity contribution >= 4 is 0 Å². The third-order valence-electron chi connectivity index (χ3n) is 2.75. The lowest BCUT2D eigenvalue weighted by Crippen LogP contribution is -2.26. The Kier molecular flexibility index (Phi) is 6.90. The van der Waals surface area contributed by atoms with Crippen molar-refractivity contribution in [3.05, 3.63) is 35.9 Å². The van der Waals surface area contributed by atoms with Gasteiger partial charge >= 0.3 is 0 Å². The predicted molar refractivity (Wildman–Crippen MR) is 73.1 cm³/mol. The summed E-state index contributed by atoms with van der Waals surface area (Å²) < 4.78 is 5.36. The van der Waals surface area contributed by atoms with Gasteiger partial charge in [-0.3, -0.25) is 0 Å². The van der Waals surface area contributed by atoms with Crippen LogP contribution in [0.25, 0.3) is 0 Å². The van der Waals surface area contributed by atoms with Gasteiger partial charge in [0.15, 0.2) is 0 Å². The Bertz CT molecular complexity index is 284. The normalized spacial score (nSPS) is 12.9. The number of hydrogen-bond acceptors (Lipinski definition) is 2. The summed E-state index contributed by atoms with van der Waals surface area (Å²) in [7, 11) is 0. The Balaban J connectivity index is 2.49. The highest BCUT2D eigenvalue weighted by molar-refractivity contribution is 5.18. The van der Waals surface area contributed by atoms with Gasteiger partial charge in [0.25, 0.3) is 0 Å². The first-order valence-electron chi connectivity index (χ1n) is 6.60. The fraction of sp³-hybridized carbons (Fsp3) is 0.600. The monoisotopic (exact) mass is 235 g/mol. The molecule has 1 atom stereocenters. The maximum atomic E-state index is 5.36. The minimum absolute atomic E-state index is 0.441. The Hall–Kier alpha value is -0.860. The molecule has 0 aliphatic rings. The van der Waals surface area contributed by atoms with E-state index in [4.69, 9.17) is 4.74 Å². The highest BCUT2D eigenvalue weighted by Crippen LogP contribution is 2.20. The van der Waals surface area contributed by atoms with Crippen molar-refractivity contribution in [3.8, 4) is 0 Å². The van der Waals surface area contributed by atoms with E-state index in [9.17, 15) is 0 Å². The van der Waals surface area contributed by atoms with Gasteiger partial charge in [-0.05, 0) is 24.8 Å². The molecule has 1 unspecified atom stereocenters. The van der Waals surface area contributed by atoms with Crippen LogP contribution in [0.5, 0.6) is 0 Å². The van der Waals surface area contributed by atoms with Crippen molar-refractivity contribution < 1.29 is 4.74 Å². The van der Waals surface area contributed by atoms with Gasteiger partial charge in [0.05, 0.1) is 6.61 Å². The zero-order valence-electron chi connectivity index (χ0n) is 11.3. The molecule has 0 aliphatic carbocycles. The lowest BCUT2D eigenvalue weighted by atomic mass is 9.97. The summed E-state index contributed by atoms with van der Waals surface area (Å²) >= 11 is 0. The van der Waals surface area contributed by atoms with Crippen LogP contribution in [0, 0.1) is 5.92 Å². The lowest BCUT2D eigenvalue weighted by Gasteiger charge is -2.21. The van der Waals surface area contributed by atoms with Crippen molar-refractivity contribution in [3.63, 3.8) is 0 Å². The van der Waals surface area contributed by atoms with Crippen LogP contribution in [0.15, 0.2) is 30.3 Å². The van der Waals surface area contributed by atoms with Crippen molar-refractivity contribution in [2.24, 2.45) is 5.92 Å². The third kappa shape index (κ3) is 5.85. The molecule has 2 heteroatoms. The second-order valence-corrected chi connectivity index (χ2v) is 4.74. The van der Waals surface area contributed by atoms with Crippen LogP contribution in [-0.2, 0) is 4.74 Å². The summed E-state index contributed by atoms with van der Waals surface area (Å²) in [6.45, 7) is 9.06. The van der Waals surface area contributed by atoms with Crippen LogP contribution in [0.2, 0.25) is 0 Å². The van der Waals surface area contributed by atoms with Gasteiger partial charge in [0.1, 0.15) is 0 Å². The fourth-order valence-corrected chi connectivity index (χ4v) is 1.94. The lowest BCUT2D eigenvalue weighted by molar-refractivity contribution is 0.146. The molecule has 2 nitrogen and oxygen atoms in total. The Morgan fingerprint density at radius 3 is 2.47 bits per heavy atom. The molecule has 17 heavy (non-hydrogen) atoms. The molecule has 0 spiro atoms. The molecule has 96 valence electrons. The van der Waals surface area contributed by atoms with Gasteiger partial charge in [-0.2, -0.15) is 0 Å². The molecule has 0 bridgehead atoms. The smallest absolute Gasteiger partial charge is 0.0590 e. The zero-order valence-corrected chi connectivity index (χ0v) is 11.3. The van der Waals surface area contributed by atoms with Crippen molar-refractivity contribution in [1.29, 1.82) is 0 Å². The zero-order chi connectivity index (χ0) is 12.5. The highest BCUT2D eigenvalue weighted by atomic mass is 16.5. The van der Waals surface area contributed by atoms with Gasteiger partial charge in [-0.1, -0.05) is 44.2 Å². The van der Waals surface area contributed by atoms with Crippen molar-refractivity contribution in [2.75, 3.05) is 19.8 Å². The highest BCUT2D eigenvalue weighted by Gasteiger charge is 2.11. The Labute approximate surface area is 105 Å². The van der Waals surface area contributed by atoms with Crippen molar-refractivity contribution in [2.45, 2.75) is 33.2 Å². The van der Waals surface area contributed by atoms with Crippen molar-refractivity contribution in [1.82, 2.24) is 5.32 Å². The fourth-order valence-electron chi connectivity index (χ4n) is 1.94. The van der Waals surface area contributed by atoms with E-state index in [2.05, 4.69) is 49.5 Å². The van der Waals surface area contributed by atoms with Crippen LogP contribution in [-0.4, -0.2) is 19.8 Å². The van der Waals surface area contributed by atoms with E-state index in [-0.39, 0.29) is 0 Å². The van der Waals surface area contributed by atoms with Crippen LogP contribution >= 0.6 is 0 Å². The molecule has 1 aromatic rings. The molecule has 0 aromatic heterocycles. The van der Waals surface area contributed by atoms with E-state index in [1.807, 2.05) is 6.92 Å². The minimum atomic E-state index is 0.441. The topological polar surface area (TPSA) is 21.3 Å². The van der Waals surface area contributed by atoms with Gasteiger partial charge in [-0.15, -0.1) is 0 Å². The second-order valence-electron chi connectivity index (χ2n) is 4.74. The maximum absolute atomic E-state index is 5.36. The van der Waals surface area contributed by atoms with Gasteiger partial charge in [0.2, 0.25) is 0 Å². The molecular formula is C15H25NO. The average molecular weight is 235 g/mol. The van der Waals surface area contributed by atoms with Crippen LogP contribution in [0.3, 0.4) is 0 Å². The van der Waals surface area contributed by atoms with Gasteiger partial charge in [0, 0.05) is 19.2 Å². The van der Waals surface area contributed by atoms with Gasteiger partial charge in [-0.25, -0.2) is 0 Å². The largest absolute Gasteiger partial charge is 0.380 e. The third-order valence-corrected chi connectivity index (χ3v) is 2.75. The molecule has 0 amide bonds. The first-order valence-corrected chi connectivity index (χ1v) is 6.60. The quantitative estimate of drug-likeness (QED) is 0.697. The molecule has 1 rings (SSSR count). The SMILES string of the molecule is CCOCCNC(CC(C)C)c1ccccc1. The molecule has 1 N–H and O–H groups in total. The van der Waals surface area contributed by atoms with E-state index < -0.39 is 0 Å². The summed E-state index contributed by atoms with van der Waals surface area (Å²) in [5.41, 5.74) is 1.37. The van der Waals surface area contributed by atoms with Crippen LogP contribution < -0.4 is 5.32 Å². The summed E-state index contributed by atoms with van der Waals surface area (Å²) in [5, 5.41) is 3.58. The summed E-state index contributed by atoms with van der Waals surface area (Å²) in [6.07, 6.45) is 1.16. The molecule has 1 aromatic carbocycles. The molecule has 0 radical (unpaired) electrons. The standard InChI is InChI=1S/C15H25NO/c1-4-17-11-10-16-15(12-13(2)3)14-8-6-5-7-9-14/h5-9,13,15-16H,4,10-12H2,1-3H3. The van der Waals surface area contributed by atoms with Crippen LogP contribution in [0.4, 0.5) is 0 Å². The second kappa shape index (κ2) is 8.26. The number of ether oxygens (including phenoxy) is 1. The molecule has 0 fully saturated rings. The van der Waals surface area contributed by atoms with Crippen LogP contribution in [0.1, 0.15) is 38.8 Å². The van der Waals surface area contributed by atoms with E-state index in [1.165, 1.54) is 5.56 Å². The number of hydrogen-bond donors (Lipinski definition) is 1. The first kappa shape index (κ1) is 14.2. The van der Waals surface area contributed by atoms with Gasteiger partial charge < -0.3 is 10.1 Å². The molecule has 0 aliphatic heterocycles. The van der Waals surface area contributed by atoms with E-state index in [0.717, 1.165) is 26.2 Å². The van der Waals surface area contributed by atoms with E-state index in [1.54, 1.807) is 0 Å². The number of benzene rings is 1. The Morgan fingerprint density at radius 1 is 1.18 bits per heavy atom. The average Bonchev–Trinajstić information content (AvgIpc) is 2.34. The summed E-state index contributed by atoms with van der Waals surface area (Å²) in [5.74, 6) is 0.694. The molecule has 0 saturated heterocycles.